The minimum Gasteiger partial charge on any atom is -0.550 e. The topological polar surface area (TPSA) is 84.9 Å². The Bertz CT molecular complexity index is 651. The fraction of sp³-hybridized carbons (Fsp3) is 0.862. The molecule has 0 radical (unpaired) electrons. The molecule has 0 aliphatic heterocycles. The molecule has 7 nitrogen and oxygen atoms in total. The Labute approximate surface area is 221 Å². The largest absolute Gasteiger partial charge is 0.550 e. The molecule has 0 spiro atoms. The molecule has 0 aromatic carbocycles. The zero-order valence-corrected chi connectivity index (χ0v) is 24.6. The highest BCUT2D eigenvalue weighted by molar-refractivity contribution is 5.71. The highest BCUT2D eigenvalue weighted by atomic mass is 17.2. The molecule has 7 heteroatoms. The number of unbranched alkanes of at least 4 members (excludes halogenated alkanes) is 7. The Balaban J connectivity index is 4.05. The van der Waals surface area contributed by atoms with Crippen LogP contribution in [0.2, 0.25) is 0 Å². The molecule has 0 fully saturated rings. The first kappa shape index (κ1) is 34.4. The average Bonchev–Trinajstić information content (AvgIpc) is 2.70. The number of allylic oxidation sites excluding steroid dienone is 1. The van der Waals surface area contributed by atoms with Crippen LogP contribution in [-0.4, -0.2) is 56.8 Å². The molecule has 0 N–H and O–H groups in total. The molecule has 0 bridgehead atoms. The molecule has 0 heterocycles. The van der Waals surface area contributed by atoms with Gasteiger partial charge in [-0.3, -0.25) is 4.79 Å². The van der Waals surface area contributed by atoms with E-state index in [0.29, 0.717) is 29.8 Å². The van der Waals surface area contributed by atoms with Crippen LogP contribution in [-0.2, 0) is 24.1 Å². The first-order valence-corrected chi connectivity index (χ1v) is 13.8. The number of hydrogen-bond donors (Lipinski definition) is 0. The Hall–Kier alpha value is -1.60. The van der Waals surface area contributed by atoms with E-state index in [4.69, 9.17) is 14.5 Å². The maximum atomic E-state index is 12.5. The summed E-state index contributed by atoms with van der Waals surface area (Å²) in [5.41, 5.74) is -0.239. The number of carbonyl (C=O) groups is 2. The number of esters is 1. The van der Waals surface area contributed by atoms with Crippen molar-refractivity contribution in [1.82, 2.24) is 0 Å². The standard InChI is InChI=1S/C29H55NO6/c1-10-34-36-24(2)29(5,6)20-18-16-14-12-11-13-15-17-19-28(3,4)22-27(33)35-25(21-26(31)32)23-30(7,8)9/h25H,2,10-23H2,1,3-9H3/t25-/m1/s1. The molecule has 36 heavy (non-hydrogen) atoms. The zero-order chi connectivity index (χ0) is 27.8. The van der Waals surface area contributed by atoms with Crippen molar-refractivity contribution in [3.05, 3.63) is 12.3 Å². The van der Waals surface area contributed by atoms with E-state index < -0.39 is 12.1 Å². The number of carbonyl (C=O) groups excluding carboxylic acids is 2. The molecule has 0 rings (SSSR count). The molecular weight excluding hydrogens is 458 g/mol. The molecule has 0 aromatic heterocycles. The van der Waals surface area contributed by atoms with Gasteiger partial charge in [-0.1, -0.05) is 85.6 Å². The number of rotatable bonds is 22. The van der Waals surface area contributed by atoms with Crippen LogP contribution in [0.1, 0.15) is 112 Å². The summed E-state index contributed by atoms with van der Waals surface area (Å²) in [5.74, 6) is -0.819. The van der Waals surface area contributed by atoms with Gasteiger partial charge in [-0.25, -0.2) is 0 Å². The van der Waals surface area contributed by atoms with E-state index >= 15 is 0 Å². The minimum atomic E-state index is -1.19. The Morgan fingerprint density at radius 3 is 1.86 bits per heavy atom. The van der Waals surface area contributed by atoms with Crippen LogP contribution in [0.4, 0.5) is 0 Å². The van der Waals surface area contributed by atoms with Crippen molar-refractivity contribution >= 4 is 11.9 Å². The van der Waals surface area contributed by atoms with Crippen molar-refractivity contribution in [2.75, 3.05) is 34.3 Å². The highest BCUT2D eigenvalue weighted by Crippen LogP contribution is 2.32. The maximum absolute atomic E-state index is 12.5. The van der Waals surface area contributed by atoms with Gasteiger partial charge in [0.15, 0.2) is 6.10 Å². The lowest BCUT2D eigenvalue weighted by Crippen LogP contribution is -2.45. The molecule has 212 valence electrons. The molecule has 0 aliphatic rings. The monoisotopic (exact) mass is 513 g/mol. The summed E-state index contributed by atoms with van der Waals surface area (Å²) in [4.78, 5) is 33.8. The second-order valence-corrected chi connectivity index (χ2v) is 12.6. The van der Waals surface area contributed by atoms with Gasteiger partial charge in [-0.2, -0.15) is 4.89 Å². The number of hydrogen-bond acceptors (Lipinski definition) is 6. The van der Waals surface area contributed by atoms with Gasteiger partial charge < -0.3 is 24.0 Å². The van der Waals surface area contributed by atoms with Crippen LogP contribution in [0.5, 0.6) is 0 Å². The van der Waals surface area contributed by atoms with Crippen molar-refractivity contribution < 1.29 is 33.7 Å². The number of nitrogens with zero attached hydrogens (tertiary/aromatic N) is 1. The van der Waals surface area contributed by atoms with E-state index in [1.165, 1.54) is 32.1 Å². The Morgan fingerprint density at radius 2 is 1.39 bits per heavy atom. The van der Waals surface area contributed by atoms with Gasteiger partial charge in [-0.15, -0.1) is 0 Å². The number of carboxylic acid groups (broad SMARTS) is 1. The summed E-state index contributed by atoms with van der Waals surface area (Å²) in [7, 11) is 5.83. The summed E-state index contributed by atoms with van der Waals surface area (Å²) in [5, 5.41) is 11.0. The number of carboxylic acids is 1. The summed E-state index contributed by atoms with van der Waals surface area (Å²) in [6, 6.07) is 0. The lowest BCUT2D eigenvalue weighted by molar-refractivity contribution is -0.873. The third kappa shape index (κ3) is 18.6. The zero-order valence-electron chi connectivity index (χ0n) is 24.6. The second kappa shape index (κ2) is 17.0. The van der Waals surface area contributed by atoms with Crippen molar-refractivity contribution in [2.45, 2.75) is 118 Å². The molecular formula is C29H55NO6. The van der Waals surface area contributed by atoms with Gasteiger partial charge in [0.05, 0.1) is 34.2 Å². The normalized spacial score (nSPS) is 13.3. The van der Waals surface area contributed by atoms with Crippen LogP contribution in [0.15, 0.2) is 12.3 Å². The second-order valence-electron chi connectivity index (χ2n) is 12.6. The molecule has 0 saturated carbocycles. The van der Waals surface area contributed by atoms with Gasteiger partial charge in [-0.05, 0) is 25.2 Å². The third-order valence-electron chi connectivity index (χ3n) is 6.50. The number of aliphatic carboxylic acids is 1. The molecule has 0 amide bonds. The number of likely N-dealkylation sites (N-methyl/N-ethyl adjacent to an activating group) is 1. The molecule has 0 aliphatic carbocycles. The highest BCUT2D eigenvalue weighted by Gasteiger charge is 2.27. The molecule has 0 unspecified atom stereocenters. The quantitative estimate of drug-likeness (QED) is 0.0470. The van der Waals surface area contributed by atoms with Crippen molar-refractivity contribution in [3.63, 3.8) is 0 Å². The van der Waals surface area contributed by atoms with E-state index in [9.17, 15) is 14.7 Å². The van der Waals surface area contributed by atoms with Crippen LogP contribution >= 0.6 is 0 Å². The number of ether oxygens (including phenoxy) is 1. The predicted octanol–water partition coefficient (Wildman–Crippen LogP) is 5.57. The van der Waals surface area contributed by atoms with Crippen LogP contribution < -0.4 is 5.11 Å². The maximum Gasteiger partial charge on any atom is 0.306 e. The van der Waals surface area contributed by atoms with Crippen molar-refractivity contribution in [3.8, 4) is 0 Å². The lowest BCUT2D eigenvalue weighted by Gasteiger charge is -2.30. The fourth-order valence-corrected chi connectivity index (χ4v) is 4.26. The smallest absolute Gasteiger partial charge is 0.306 e. The van der Waals surface area contributed by atoms with Crippen molar-refractivity contribution in [1.29, 1.82) is 0 Å². The van der Waals surface area contributed by atoms with Gasteiger partial charge in [0.1, 0.15) is 12.3 Å². The first-order chi connectivity index (χ1) is 16.6. The average molecular weight is 514 g/mol. The van der Waals surface area contributed by atoms with E-state index in [2.05, 4.69) is 34.3 Å². The third-order valence-corrected chi connectivity index (χ3v) is 6.50. The van der Waals surface area contributed by atoms with Crippen molar-refractivity contribution in [2.24, 2.45) is 10.8 Å². The first-order valence-electron chi connectivity index (χ1n) is 13.8. The molecule has 0 aromatic rings. The lowest BCUT2D eigenvalue weighted by atomic mass is 9.83. The van der Waals surface area contributed by atoms with Gasteiger partial charge >= 0.3 is 5.97 Å². The van der Waals surface area contributed by atoms with Gasteiger partial charge in [0, 0.05) is 17.8 Å². The van der Waals surface area contributed by atoms with Gasteiger partial charge in [0.25, 0.3) is 0 Å². The molecule has 0 saturated heterocycles. The van der Waals surface area contributed by atoms with Crippen LogP contribution in [0.3, 0.4) is 0 Å². The Morgan fingerprint density at radius 1 is 0.889 bits per heavy atom. The minimum absolute atomic E-state index is 0.0748. The van der Waals surface area contributed by atoms with E-state index in [0.717, 1.165) is 32.1 Å². The van der Waals surface area contributed by atoms with Crippen LogP contribution in [0, 0.1) is 10.8 Å². The summed E-state index contributed by atoms with van der Waals surface area (Å²) >= 11 is 0. The molecule has 1 atom stereocenters. The summed E-state index contributed by atoms with van der Waals surface area (Å²) in [6.45, 7) is 15.3. The Kier molecular flexibility index (Phi) is 16.3. The predicted molar refractivity (Wildman–Crippen MR) is 143 cm³/mol. The fourth-order valence-electron chi connectivity index (χ4n) is 4.26. The van der Waals surface area contributed by atoms with Crippen LogP contribution in [0.25, 0.3) is 0 Å². The van der Waals surface area contributed by atoms with E-state index in [-0.39, 0.29) is 23.2 Å². The summed E-state index contributed by atoms with van der Waals surface area (Å²) in [6.07, 6.45) is 10.9. The van der Waals surface area contributed by atoms with E-state index in [1.807, 2.05) is 28.1 Å². The van der Waals surface area contributed by atoms with E-state index in [1.54, 1.807) is 0 Å². The summed E-state index contributed by atoms with van der Waals surface area (Å²) < 4.78 is 6.04. The van der Waals surface area contributed by atoms with Gasteiger partial charge in [0.2, 0.25) is 0 Å². The SMILES string of the molecule is C=C(OOCC)C(C)(C)CCCCCCCCCCC(C)(C)CC(=O)O[C@H](CC(=O)[O-])C[N+](C)(C)C. The number of quaternary nitrogens is 1.